The quantitative estimate of drug-likeness (QED) is 0.615. The van der Waals surface area contributed by atoms with E-state index in [4.69, 9.17) is 11.6 Å². The molecule has 0 aliphatic rings. The summed E-state index contributed by atoms with van der Waals surface area (Å²) in [5.41, 5.74) is 0.365. The van der Waals surface area contributed by atoms with Crippen molar-refractivity contribution in [1.29, 1.82) is 0 Å². The Balaban J connectivity index is 2.61. The molecule has 5 heteroatoms. The van der Waals surface area contributed by atoms with Crippen molar-refractivity contribution in [3.05, 3.63) is 63.9 Å². The van der Waals surface area contributed by atoms with Crippen LogP contribution in [0.1, 0.15) is 21.5 Å². The highest BCUT2D eigenvalue weighted by molar-refractivity contribution is 6.35. The second-order valence-corrected chi connectivity index (χ2v) is 4.15. The number of hydrogen-bond donors (Lipinski definition) is 0. The second kappa shape index (κ2) is 4.82. The summed E-state index contributed by atoms with van der Waals surface area (Å²) in [5, 5.41) is -0.116. The number of carbonyl (C=O) groups excluding carboxylic acids is 1. The molecule has 2 rings (SSSR count). The van der Waals surface area contributed by atoms with Crippen molar-refractivity contribution in [2.24, 2.45) is 0 Å². The molecule has 18 heavy (non-hydrogen) atoms. The predicted molar refractivity (Wildman–Crippen MR) is 63.8 cm³/mol. The number of hydrogen-bond acceptors (Lipinski definition) is 2. The van der Waals surface area contributed by atoms with Gasteiger partial charge < -0.3 is 0 Å². The molecule has 0 amide bonds. The van der Waals surface area contributed by atoms with Crippen LogP contribution in [-0.2, 0) is 0 Å². The number of benzene rings is 1. The Morgan fingerprint density at radius 1 is 1.28 bits per heavy atom. The first kappa shape index (κ1) is 12.6. The van der Waals surface area contributed by atoms with Crippen LogP contribution in [0.2, 0.25) is 5.02 Å². The molecule has 2 aromatic rings. The van der Waals surface area contributed by atoms with E-state index in [1.165, 1.54) is 18.5 Å². The molecule has 2 nitrogen and oxygen atoms in total. The van der Waals surface area contributed by atoms with Crippen molar-refractivity contribution in [1.82, 2.24) is 4.98 Å². The number of nitrogens with zero attached hydrogens (tertiary/aromatic N) is 1. The first-order valence-corrected chi connectivity index (χ1v) is 5.49. The van der Waals surface area contributed by atoms with E-state index in [9.17, 15) is 13.6 Å². The zero-order chi connectivity index (χ0) is 13.3. The van der Waals surface area contributed by atoms with Crippen LogP contribution in [0, 0.1) is 18.6 Å². The minimum atomic E-state index is -1.23. The van der Waals surface area contributed by atoms with Gasteiger partial charge in [0, 0.05) is 18.0 Å². The van der Waals surface area contributed by atoms with Crippen LogP contribution in [0.4, 0.5) is 8.78 Å². The van der Waals surface area contributed by atoms with Gasteiger partial charge in [-0.2, -0.15) is 0 Å². The lowest BCUT2D eigenvalue weighted by atomic mass is 10.0. The largest absolute Gasteiger partial charge is 0.288 e. The van der Waals surface area contributed by atoms with E-state index in [2.05, 4.69) is 4.98 Å². The van der Waals surface area contributed by atoms with Gasteiger partial charge in [-0.15, -0.1) is 0 Å². The molecular formula is C13H8ClF2NO. The van der Waals surface area contributed by atoms with Gasteiger partial charge in [0.15, 0.2) is 17.4 Å². The minimum Gasteiger partial charge on any atom is -0.288 e. The molecule has 92 valence electrons. The highest BCUT2D eigenvalue weighted by Gasteiger charge is 2.21. The van der Waals surface area contributed by atoms with Gasteiger partial charge in [-0.3, -0.25) is 9.78 Å². The summed E-state index contributed by atoms with van der Waals surface area (Å²) >= 11 is 5.76. The Labute approximate surface area is 107 Å². The maximum absolute atomic E-state index is 13.6. The van der Waals surface area contributed by atoms with Crippen LogP contribution < -0.4 is 0 Å². The monoisotopic (exact) mass is 267 g/mol. The average Bonchev–Trinajstić information content (AvgIpc) is 2.35. The fourth-order valence-electron chi connectivity index (χ4n) is 1.60. The SMILES string of the molecule is Cc1cnccc1C(=O)c1c(Cl)ccc(F)c1F. The summed E-state index contributed by atoms with van der Waals surface area (Å²) in [4.78, 5) is 16.0. The van der Waals surface area contributed by atoms with Crippen LogP contribution in [0.3, 0.4) is 0 Å². The highest BCUT2D eigenvalue weighted by Crippen LogP contribution is 2.25. The molecule has 0 spiro atoms. The van der Waals surface area contributed by atoms with Gasteiger partial charge in [0.2, 0.25) is 0 Å². The second-order valence-electron chi connectivity index (χ2n) is 3.74. The molecular weight excluding hydrogens is 260 g/mol. The van der Waals surface area contributed by atoms with Crippen LogP contribution >= 0.6 is 11.6 Å². The van der Waals surface area contributed by atoms with Crippen LogP contribution in [0.25, 0.3) is 0 Å². The number of ketones is 1. The molecule has 1 aromatic heterocycles. The number of aryl methyl sites for hydroxylation is 1. The van der Waals surface area contributed by atoms with E-state index in [0.717, 1.165) is 12.1 Å². The zero-order valence-electron chi connectivity index (χ0n) is 9.38. The standard InChI is InChI=1S/C13H8ClF2NO/c1-7-6-17-5-4-8(7)13(18)11-9(14)2-3-10(15)12(11)16/h2-6H,1H3. The zero-order valence-corrected chi connectivity index (χ0v) is 10.1. The summed E-state index contributed by atoms with van der Waals surface area (Å²) < 4.78 is 26.8. The van der Waals surface area contributed by atoms with E-state index in [1.54, 1.807) is 6.92 Å². The lowest BCUT2D eigenvalue weighted by Gasteiger charge is -2.07. The Bertz CT molecular complexity index is 628. The molecule has 0 saturated heterocycles. The van der Waals surface area contributed by atoms with Gasteiger partial charge in [-0.05, 0) is 30.7 Å². The van der Waals surface area contributed by atoms with E-state index < -0.39 is 23.0 Å². The number of pyridine rings is 1. The molecule has 0 bridgehead atoms. The van der Waals surface area contributed by atoms with E-state index in [1.807, 2.05) is 0 Å². The van der Waals surface area contributed by atoms with Gasteiger partial charge in [0.05, 0.1) is 10.6 Å². The first-order valence-electron chi connectivity index (χ1n) is 5.11. The van der Waals surface area contributed by atoms with Crippen LogP contribution in [-0.4, -0.2) is 10.8 Å². The van der Waals surface area contributed by atoms with Crippen molar-refractivity contribution >= 4 is 17.4 Å². The number of rotatable bonds is 2. The molecule has 1 heterocycles. The van der Waals surface area contributed by atoms with Crippen molar-refractivity contribution in [3.63, 3.8) is 0 Å². The topological polar surface area (TPSA) is 30.0 Å². The van der Waals surface area contributed by atoms with Gasteiger partial charge >= 0.3 is 0 Å². The van der Waals surface area contributed by atoms with Gasteiger partial charge in [-0.25, -0.2) is 8.78 Å². The van der Waals surface area contributed by atoms with E-state index in [-0.39, 0.29) is 10.6 Å². The van der Waals surface area contributed by atoms with Crippen molar-refractivity contribution in [3.8, 4) is 0 Å². The average molecular weight is 268 g/mol. The smallest absolute Gasteiger partial charge is 0.197 e. The lowest BCUT2D eigenvalue weighted by molar-refractivity contribution is 0.103. The molecule has 0 radical (unpaired) electrons. The van der Waals surface area contributed by atoms with Crippen LogP contribution in [0.5, 0.6) is 0 Å². The number of carbonyl (C=O) groups is 1. The third-order valence-electron chi connectivity index (χ3n) is 2.54. The summed E-state index contributed by atoms with van der Waals surface area (Å²) in [6.45, 7) is 1.66. The molecule has 1 aromatic carbocycles. The first-order chi connectivity index (χ1) is 8.52. The van der Waals surface area contributed by atoms with Crippen molar-refractivity contribution < 1.29 is 13.6 Å². The number of halogens is 3. The molecule has 0 aliphatic heterocycles. The molecule has 0 saturated carbocycles. The van der Waals surface area contributed by atoms with Gasteiger partial charge in [0.1, 0.15) is 0 Å². The van der Waals surface area contributed by atoms with Gasteiger partial charge in [0.25, 0.3) is 0 Å². The van der Waals surface area contributed by atoms with Crippen molar-refractivity contribution in [2.45, 2.75) is 6.92 Å². The van der Waals surface area contributed by atoms with Crippen LogP contribution in [0.15, 0.2) is 30.6 Å². The maximum atomic E-state index is 13.6. The summed E-state index contributed by atoms with van der Waals surface area (Å²) in [5.74, 6) is -2.99. The predicted octanol–water partition coefficient (Wildman–Crippen LogP) is 3.55. The van der Waals surface area contributed by atoms with E-state index >= 15 is 0 Å². The Hall–Kier alpha value is -1.81. The molecule has 0 unspecified atom stereocenters. The summed E-state index contributed by atoms with van der Waals surface area (Å²) in [6, 6.07) is 3.48. The normalized spacial score (nSPS) is 10.4. The Morgan fingerprint density at radius 2 is 2.00 bits per heavy atom. The minimum absolute atomic E-state index is 0.116. The Kier molecular flexibility index (Phi) is 3.39. The fraction of sp³-hybridized carbons (Fsp3) is 0.0769. The third kappa shape index (κ3) is 2.11. The number of aromatic nitrogens is 1. The van der Waals surface area contributed by atoms with E-state index in [0.29, 0.717) is 5.56 Å². The summed E-state index contributed by atoms with van der Waals surface area (Å²) in [6.07, 6.45) is 2.88. The fourth-order valence-corrected chi connectivity index (χ4v) is 1.83. The maximum Gasteiger partial charge on any atom is 0.197 e. The highest BCUT2D eigenvalue weighted by atomic mass is 35.5. The molecule has 0 fully saturated rings. The molecule has 0 N–H and O–H groups in total. The molecule has 0 atom stereocenters. The lowest BCUT2D eigenvalue weighted by Crippen LogP contribution is -2.08. The summed E-state index contributed by atoms with van der Waals surface area (Å²) in [7, 11) is 0. The third-order valence-corrected chi connectivity index (χ3v) is 2.85. The molecule has 0 aliphatic carbocycles. The van der Waals surface area contributed by atoms with Gasteiger partial charge in [-0.1, -0.05) is 11.6 Å². The van der Waals surface area contributed by atoms with Crippen molar-refractivity contribution in [2.75, 3.05) is 0 Å². The Morgan fingerprint density at radius 3 is 2.67 bits per heavy atom.